The predicted molar refractivity (Wildman–Crippen MR) is 145 cm³/mol. The average molecular weight is 579 g/mol. The van der Waals surface area contributed by atoms with E-state index in [1.165, 1.54) is 24.1 Å². The molecule has 2 aromatic carbocycles. The smallest absolute Gasteiger partial charge is 0.244 e. The van der Waals surface area contributed by atoms with Crippen molar-refractivity contribution >= 4 is 62.3 Å². The molecule has 0 aliphatic rings. The van der Waals surface area contributed by atoms with Crippen LogP contribution in [0.5, 0.6) is 5.75 Å². The summed E-state index contributed by atoms with van der Waals surface area (Å²) in [4.78, 5) is 28.0. The summed E-state index contributed by atoms with van der Waals surface area (Å²) in [6, 6.07) is 8.49. The molecular formula is C24H30Cl3N3O5S. The van der Waals surface area contributed by atoms with Crippen LogP contribution in [0.3, 0.4) is 0 Å². The van der Waals surface area contributed by atoms with Crippen LogP contribution in [0, 0.1) is 0 Å². The summed E-state index contributed by atoms with van der Waals surface area (Å²) in [7, 11) is -2.58. The third kappa shape index (κ3) is 7.65. The first kappa shape index (κ1) is 30.0. The van der Waals surface area contributed by atoms with Crippen molar-refractivity contribution in [3.8, 4) is 5.75 Å². The lowest BCUT2D eigenvalue weighted by Gasteiger charge is -2.33. The zero-order chi connectivity index (χ0) is 27.0. The van der Waals surface area contributed by atoms with Crippen molar-refractivity contribution < 1.29 is 22.7 Å². The number of anilines is 1. The number of carbonyl (C=O) groups is 2. The standard InChI is InChI=1S/C24H30Cl3N3O5S/c1-5-12-28-24(32)20(6-2)29(14-17-18(26)8-7-9-19(17)27)23(31)15-30(36(4,33)34)21-13-16(25)10-11-22(21)35-3/h7-11,13,20H,5-6,12,14-15H2,1-4H3,(H,28,32)/t20-/m0/s1. The Labute approximate surface area is 227 Å². The molecule has 198 valence electrons. The van der Waals surface area contributed by atoms with E-state index in [1.807, 2.05) is 6.92 Å². The number of carbonyl (C=O) groups excluding carboxylic acids is 2. The minimum absolute atomic E-state index is 0.0973. The summed E-state index contributed by atoms with van der Waals surface area (Å²) >= 11 is 18.8. The molecule has 0 heterocycles. The van der Waals surface area contributed by atoms with Gasteiger partial charge >= 0.3 is 0 Å². The highest BCUT2D eigenvalue weighted by Crippen LogP contribution is 2.33. The fraction of sp³-hybridized carbons (Fsp3) is 0.417. The van der Waals surface area contributed by atoms with Crippen LogP contribution in [-0.4, -0.2) is 57.6 Å². The minimum atomic E-state index is -3.96. The van der Waals surface area contributed by atoms with Crippen molar-refractivity contribution in [3.63, 3.8) is 0 Å². The van der Waals surface area contributed by atoms with Crippen LogP contribution >= 0.6 is 34.8 Å². The number of halogens is 3. The molecule has 0 spiro atoms. The second-order valence-electron chi connectivity index (χ2n) is 8.02. The van der Waals surface area contributed by atoms with Crippen LogP contribution in [-0.2, 0) is 26.2 Å². The first-order valence-electron chi connectivity index (χ1n) is 11.3. The molecule has 0 saturated carbocycles. The normalized spacial score (nSPS) is 12.1. The van der Waals surface area contributed by atoms with E-state index in [1.54, 1.807) is 31.2 Å². The van der Waals surface area contributed by atoms with E-state index in [0.29, 0.717) is 28.6 Å². The fourth-order valence-electron chi connectivity index (χ4n) is 3.59. The van der Waals surface area contributed by atoms with E-state index in [2.05, 4.69) is 5.32 Å². The number of rotatable bonds is 12. The molecule has 0 aromatic heterocycles. The zero-order valence-corrected chi connectivity index (χ0v) is 23.6. The Morgan fingerprint density at radius 3 is 2.25 bits per heavy atom. The van der Waals surface area contributed by atoms with Gasteiger partial charge in [0, 0.05) is 33.7 Å². The lowest BCUT2D eigenvalue weighted by molar-refractivity contribution is -0.140. The highest BCUT2D eigenvalue weighted by atomic mass is 35.5. The second-order valence-corrected chi connectivity index (χ2v) is 11.2. The minimum Gasteiger partial charge on any atom is -0.495 e. The van der Waals surface area contributed by atoms with Gasteiger partial charge in [0.05, 0.1) is 19.1 Å². The largest absolute Gasteiger partial charge is 0.495 e. The van der Waals surface area contributed by atoms with Crippen molar-refractivity contribution in [2.24, 2.45) is 0 Å². The van der Waals surface area contributed by atoms with Crippen LogP contribution in [0.25, 0.3) is 0 Å². The molecular weight excluding hydrogens is 549 g/mol. The van der Waals surface area contributed by atoms with E-state index in [4.69, 9.17) is 39.5 Å². The van der Waals surface area contributed by atoms with Gasteiger partial charge in [0.25, 0.3) is 0 Å². The van der Waals surface area contributed by atoms with Crippen LogP contribution in [0.4, 0.5) is 5.69 Å². The molecule has 0 radical (unpaired) electrons. The highest BCUT2D eigenvalue weighted by Gasteiger charge is 2.33. The quantitative estimate of drug-likeness (QED) is 0.392. The molecule has 0 aliphatic heterocycles. The number of hydrogen-bond donors (Lipinski definition) is 1. The molecule has 2 rings (SSSR count). The predicted octanol–water partition coefficient (Wildman–Crippen LogP) is 4.76. The molecule has 0 bridgehead atoms. The van der Waals surface area contributed by atoms with Crippen LogP contribution in [0.1, 0.15) is 32.3 Å². The maximum atomic E-state index is 13.7. The SMILES string of the molecule is CCCNC(=O)[C@H](CC)N(Cc1c(Cl)cccc1Cl)C(=O)CN(c1cc(Cl)ccc1OC)S(C)(=O)=O. The van der Waals surface area contributed by atoms with Gasteiger partial charge in [-0.15, -0.1) is 0 Å². The topological polar surface area (TPSA) is 96.0 Å². The first-order chi connectivity index (χ1) is 16.9. The first-order valence-corrected chi connectivity index (χ1v) is 14.2. The van der Waals surface area contributed by atoms with Crippen molar-refractivity contribution in [1.29, 1.82) is 0 Å². The maximum Gasteiger partial charge on any atom is 0.244 e. The van der Waals surface area contributed by atoms with Crippen LogP contribution in [0.2, 0.25) is 15.1 Å². The molecule has 2 aromatic rings. The molecule has 0 aliphatic carbocycles. The number of benzene rings is 2. The number of ether oxygens (including phenoxy) is 1. The number of nitrogens with one attached hydrogen (secondary N) is 1. The van der Waals surface area contributed by atoms with E-state index >= 15 is 0 Å². The molecule has 1 N–H and O–H groups in total. The Morgan fingerprint density at radius 2 is 1.72 bits per heavy atom. The van der Waals surface area contributed by atoms with E-state index < -0.39 is 28.5 Å². The fourth-order valence-corrected chi connectivity index (χ4v) is 5.12. The van der Waals surface area contributed by atoms with E-state index in [0.717, 1.165) is 10.6 Å². The Hall–Kier alpha value is -2.20. The third-order valence-electron chi connectivity index (χ3n) is 5.41. The maximum absolute atomic E-state index is 13.7. The van der Waals surface area contributed by atoms with E-state index in [-0.39, 0.29) is 35.3 Å². The molecule has 2 amide bonds. The van der Waals surface area contributed by atoms with Crippen LogP contribution < -0.4 is 14.4 Å². The Bertz CT molecular complexity index is 1170. The third-order valence-corrected chi connectivity index (χ3v) is 7.48. The number of amides is 2. The summed E-state index contributed by atoms with van der Waals surface area (Å²) in [5.74, 6) is -0.773. The molecule has 0 saturated heterocycles. The lowest BCUT2D eigenvalue weighted by atomic mass is 10.1. The number of nitrogens with zero attached hydrogens (tertiary/aromatic N) is 2. The van der Waals surface area contributed by atoms with Crippen molar-refractivity contribution in [1.82, 2.24) is 10.2 Å². The molecule has 12 heteroatoms. The van der Waals surface area contributed by atoms with Gasteiger partial charge in [-0.1, -0.05) is 54.7 Å². The number of hydrogen-bond acceptors (Lipinski definition) is 5. The molecule has 36 heavy (non-hydrogen) atoms. The van der Waals surface area contributed by atoms with Gasteiger partial charge in [-0.2, -0.15) is 0 Å². The van der Waals surface area contributed by atoms with Gasteiger partial charge in [-0.3, -0.25) is 13.9 Å². The summed E-state index contributed by atoms with van der Waals surface area (Å²) in [5.41, 5.74) is 0.544. The highest BCUT2D eigenvalue weighted by molar-refractivity contribution is 7.92. The zero-order valence-electron chi connectivity index (χ0n) is 20.6. The lowest BCUT2D eigenvalue weighted by Crippen LogP contribution is -2.52. The number of methoxy groups -OCH3 is 1. The average Bonchev–Trinajstić information content (AvgIpc) is 2.81. The molecule has 0 fully saturated rings. The Kier molecular flexibility index (Phi) is 11.2. The van der Waals surface area contributed by atoms with Gasteiger partial charge in [-0.25, -0.2) is 8.42 Å². The van der Waals surface area contributed by atoms with Crippen molar-refractivity contribution in [2.45, 2.75) is 39.3 Å². The summed E-state index contributed by atoms with van der Waals surface area (Å²) in [6.45, 7) is 3.41. The Balaban J connectivity index is 2.55. The van der Waals surface area contributed by atoms with Gasteiger partial charge in [0.1, 0.15) is 18.3 Å². The monoisotopic (exact) mass is 577 g/mol. The van der Waals surface area contributed by atoms with Gasteiger partial charge < -0.3 is 15.0 Å². The molecule has 8 nitrogen and oxygen atoms in total. The Morgan fingerprint density at radius 1 is 1.08 bits per heavy atom. The van der Waals surface area contributed by atoms with Crippen molar-refractivity contribution in [2.75, 3.05) is 30.8 Å². The van der Waals surface area contributed by atoms with Crippen molar-refractivity contribution in [3.05, 3.63) is 57.0 Å². The number of sulfonamides is 1. The van der Waals surface area contributed by atoms with E-state index in [9.17, 15) is 18.0 Å². The van der Waals surface area contributed by atoms with Gasteiger partial charge in [0.2, 0.25) is 21.8 Å². The summed E-state index contributed by atoms with van der Waals surface area (Å²) in [6.07, 6.45) is 1.97. The summed E-state index contributed by atoms with van der Waals surface area (Å²) in [5, 5.41) is 3.71. The second kappa shape index (κ2) is 13.4. The van der Waals surface area contributed by atoms with Crippen LogP contribution in [0.15, 0.2) is 36.4 Å². The molecule has 0 unspecified atom stereocenters. The molecule has 1 atom stereocenters. The summed E-state index contributed by atoms with van der Waals surface area (Å²) < 4.78 is 31.8. The van der Waals surface area contributed by atoms with Gasteiger partial charge in [-0.05, 0) is 43.2 Å². The van der Waals surface area contributed by atoms with Gasteiger partial charge in [0.15, 0.2) is 0 Å².